The molecule has 4 heterocycles. The standard InChI is InChI=1S/C48H58N6O5/c1-46(2)28-47(3,4)45(46)52-42(55)38-15-14-33(26-49-38)54-19-17-29(18-20-54)21-30-22-32(23-30)50-43(56)39-25-36-37(27-53(7)44(57)41(36)51-39)35-24-31(48(5,6)58)13-16-40(35)59-34-11-9-8-10-12-34/h8-16,24-27,29-30,32,45,51,58H,17-23,28H2,1-7H3,(H,50,56)(H,52,55). The summed E-state index contributed by atoms with van der Waals surface area (Å²) >= 11 is 0. The molecule has 5 aromatic rings. The first kappa shape index (κ1) is 40.4. The maximum Gasteiger partial charge on any atom is 0.274 e. The number of fused-ring (bicyclic) bond motifs is 1. The fourth-order valence-electron chi connectivity index (χ4n) is 10.3. The average Bonchev–Trinajstić information content (AvgIpc) is 3.64. The van der Waals surface area contributed by atoms with Crippen molar-refractivity contribution in [1.29, 1.82) is 0 Å². The number of nitrogens with one attached hydrogen (secondary N) is 3. The molecule has 0 radical (unpaired) electrons. The number of nitrogens with zero attached hydrogens (tertiary/aromatic N) is 3. The van der Waals surface area contributed by atoms with E-state index in [1.54, 1.807) is 33.2 Å². The predicted molar refractivity (Wildman–Crippen MR) is 232 cm³/mol. The summed E-state index contributed by atoms with van der Waals surface area (Å²) in [7, 11) is 1.69. The molecule has 11 nitrogen and oxygen atoms in total. The Hall–Kier alpha value is -5.42. The van der Waals surface area contributed by atoms with E-state index in [0.717, 1.165) is 57.3 Å². The highest BCUT2D eigenvalue weighted by atomic mass is 16.5. The third-order valence-electron chi connectivity index (χ3n) is 13.1. The molecule has 0 atom stereocenters. The first-order valence-electron chi connectivity index (χ1n) is 21.1. The maximum absolute atomic E-state index is 13.7. The Morgan fingerprint density at radius 3 is 2.27 bits per heavy atom. The zero-order valence-corrected chi connectivity index (χ0v) is 35.4. The number of carbonyl (C=O) groups is 2. The maximum atomic E-state index is 13.7. The molecule has 0 spiro atoms. The third-order valence-corrected chi connectivity index (χ3v) is 13.1. The molecule has 310 valence electrons. The van der Waals surface area contributed by atoms with Crippen LogP contribution in [0.5, 0.6) is 11.5 Å². The molecule has 59 heavy (non-hydrogen) atoms. The molecular weight excluding hydrogens is 741 g/mol. The van der Waals surface area contributed by atoms with E-state index in [9.17, 15) is 19.5 Å². The molecule has 3 aromatic heterocycles. The fraction of sp³-hybridized carbons (Fsp3) is 0.458. The summed E-state index contributed by atoms with van der Waals surface area (Å²) in [5.41, 5.74) is 3.10. The summed E-state index contributed by atoms with van der Waals surface area (Å²) in [5, 5.41) is 18.0. The second-order valence-corrected chi connectivity index (χ2v) is 19.3. The van der Waals surface area contributed by atoms with Crippen molar-refractivity contribution in [1.82, 2.24) is 25.2 Å². The van der Waals surface area contributed by atoms with Gasteiger partial charge in [-0.25, -0.2) is 4.98 Å². The van der Waals surface area contributed by atoms with Crippen molar-refractivity contribution in [2.45, 2.75) is 97.8 Å². The molecule has 11 heteroatoms. The number of pyridine rings is 2. The van der Waals surface area contributed by atoms with Gasteiger partial charge in [0.25, 0.3) is 17.4 Å². The number of anilines is 1. The number of rotatable bonds is 11. The van der Waals surface area contributed by atoms with Crippen LogP contribution in [-0.4, -0.2) is 56.6 Å². The number of aliphatic hydroxyl groups is 1. The van der Waals surface area contributed by atoms with Crippen molar-refractivity contribution in [2.75, 3.05) is 18.0 Å². The second-order valence-electron chi connectivity index (χ2n) is 19.3. The number of piperidine rings is 1. The first-order valence-corrected chi connectivity index (χ1v) is 21.1. The van der Waals surface area contributed by atoms with Crippen LogP contribution in [0.1, 0.15) is 107 Å². The molecule has 0 unspecified atom stereocenters. The van der Waals surface area contributed by atoms with Crippen LogP contribution in [0.2, 0.25) is 0 Å². The van der Waals surface area contributed by atoms with Gasteiger partial charge in [0, 0.05) is 54.9 Å². The van der Waals surface area contributed by atoms with Crippen LogP contribution in [-0.2, 0) is 12.6 Å². The van der Waals surface area contributed by atoms with E-state index in [1.165, 1.54) is 4.57 Å². The van der Waals surface area contributed by atoms with Crippen molar-refractivity contribution in [3.05, 3.63) is 106 Å². The Morgan fingerprint density at radius 1 is 0.915 bits per heavy atom. The predicted octanol–water partition coefficient (Wildman–Crippen LogP) is 8.32. The lowest BCUT2D eigenvalue weighted by Crippen LogP contribution is -2.63. The monoisotopic (exact) mass is 798 g/mol. The number of benzene rings is 2. The van der Waals surface area contributed by atoms with Crippen molar-refractivity contribution in [3.63, 3.8) is 0 Å². The van der Waals surface area contributed by atoms with Crippen LogP contribution in [0.25, 0.3) is 22.0 Å². The molecule has 2 amide bonds. The van der Waals surface area contributed by atoms with Gasteiger partial charge in [-0.05, 0) is 123 Å². The smallest absolute Gasteiger partial charge is 0.274 e. The number of hydrogen-bond acceptors (Lipinski definition) is 7. The highest BCUT2D eigenvalue weighted by Gasteiger charge is 2.53. The van der Waals surface area contributed by atoms with Crippen LogP contribution < -0.4 is 25.8 Å². The molecule has 3 fully saturated rings. The van der Waals surface area contributed by atoms with Crippen molar-refractivity contribution in [2.24, 2.45) is 29.7 Å². The number of aromatic amines is 1. The van der Waals surface area contributed by atoms with E-state index in [0.29, 0.717) is 62.3 Å². The second kappa shape index (κ2) is 15.3. The molecular formula is C48H58N6O5. The minimum absolute atomic E-state index is 0.0823. The Kier molecular flexibility index (Phi) is 10.5. The zero-order valence-electron chi connectivity index (χ0n) is 35.4. The van der Waals surface area contributed by atoms with Gasteiger partial charge in [0.1, 0.15) is 28.4 Å². The van der Waals surface area contributed by atoms with E-state index < -0.39 is 5.60 Å². The van der Waals surface area contributed by atoms with Gasteiger partial charge >= 0.3 is 0 Å². The highest BCUT2D eigenvalue weighted by Crippen LogP contribution is 2.53. The number of ether oxygens (including phenoxy) is 1. The van der Waals surface area contributed by atoms with E-state index >= 15 is 0 Å². The SMILES string of the molecule is Cn1cc(-c2cc(C(C)(C)O)ccc2Oc2ccccc2)c2cc(C(=O)NC3CC(CC4CCN(c5ccc(C(=O)NC6C(C)(C)CC6(C)C)nc5)CC4)C3)[nH]c2c1=O. The Balaban J connectivity index is 0.869. The third kappa shape index (κ3) is 8.26. The summed E-state index contributed by atoms with van der Waals surface area (Å²) in [6.45, 7) is 14.2. The van der Waals surface area contributed by atoms with Crippen LogP contribution in [0.4, 0.5) is 5.69 Å². The lowest BCUT2D eigenvalue weighted by Gasteiger charge is -2.57. The highest BCUT2D eigenvalue weighted by molar-refractivity contribution is 6.03. The molecule has 3 aliphatic rings. The van der Waals surface area contributed by atoms with E-state index in [-0.39, 0.29) is 40.3 Å². The Labute approximate surface area is 346 Å². The number of hydrogen-bond donors (Lipinski definition) is 4. The summed E-state index contributed by atoms with van der Waals surface area (Å²) in [6.07, 6.45) is 9.90. The molecule has 2 aliphatic carbocycles. The number of aryl methyl sites for hydroxylation is 1. The summed E-state index contributed by atoms with van der Waals surface area (Å²) < 4.78 is 7.83. The lowest BCUT2D eigenvalue weighted by molar-refractivity contribution is -0.0367. The normalized spacial score (nSPS) is 20.4. The van der Waals surface area contributed by atoms with E-state index in [4.69, 9.17) is 4.74 Å². The topological polar surface area (TPSA) is 142 Å². The van der Waals surface area contributed by atoms with Crippen molar-refractivity contribution >= 4 is 28.4 Å². The molecule has 2 saturated carbocycles. The quantitative estimate of drug-likeness (QED) is 0.105. The van der Waals surface area contributed by atoms with Gasteiger partial charge in [0.15, 0.2) is 0 Å². The number of amides is 2. The molecule has 0 bridgehead atoms. The van der Waals surface area contributed by atoms with Gasteiger partial charge in [0.05, 0.1) is 17.5 Å². The van der Waals surface area contributed by atoms with E-state index in [1.807, 2.05) is 66.9 Å². The van der Waals surface area contributed by atoms with Crippen molar-refractivity contribution < 1.29 is 19.4 Å². The van der Waals surface area contributed by atoms with Gasteiger partial charge in [-0.3, -0.25) is 14.4 Å². The zero-order chi connectivity index (χ0) is 41.9. The lowest BCUT2D eigenvalue weighted by atomic mass is 9.52. The Morgan fingerprint density at radius 2 is 1.63 bits per heavy atom. The van der Waals surface area contributed by atoms with Gasteiger partial charge in [-0.2, -0.15) is 0 Å². The molecule has 8 rings (SSSR count). The van der Waals surface area contributed by atoms with Crippen LogP contribution in [0.3, 0.4) is 0 Å². The van der Waals surface area contributed by atoms with Gasteiger partial charge in [-0.1, -0.05) is 52.0 Å². The minimum Gasteiger partial charge on any atom is -0.457 e. The largest absolute Gasteiger partial charge is 0.457 e. The molecule has 4 N–H and O–H groups in total. The first-order chi connectivity index (χ1) is 27.9. The summed E-state index contributed by atoms with van der Waals surface area (Å²) in [6, 6.07) is 20.9. The minimum atomic E-state index is -1.11. The molecule has 2 aromatic carbocycles. The number of H-pyrrole nitrogens is 1. The Bertz CT molecular complexity index is 2400. The van der Waals surface area contributed by atoms with Crippen LogP contribution >= 0.6 is 0 Å². The van der Waals surface area contributed by atoms with E-state index in [2.05, 4.69) is 53.2 Å². The molecule has 1 aliphatic heterocycles. The van der Waals surface area contributed by atoms with Gasteiger partial charge in [-0.15, -0.1) is 0 Å². The number of carbonyl (C=O) groups excluding carboxylic acids is 2. The van der Waals surface area contributed by atoms with Gasteiger partial charge in [0.2, 0.25) is 0 Å². The van der Waals surface area contributed by atoms with Gasteiger partial charge < -0.3 is 34.9 Å². The summed E-state index contributed by atoms with van der Waals surface area (Å²) in [4.78, 5) is 50.1. The number of aromatic nitrogens is 3. The van der Waals surface area contributed by atoms with Crippen molar-refractivity contribution in [3.8, 4) is 22.6 Å². The fourth-order valence-corrected chi connectivity index (χ4v) is 10.3. The van der Waals surface area contributed by atoms with Crippen LogP contribution in [0, 0.1) is 22.7 Å². The number of para-hydroxylation sites is 1. The summed E-state index contributed by atoms with van der Waals surface area (Å²) in [5.74, 6) is 2.08. The molecule has 1 saturated heterocycles. The average molecular weight is 799 g/mol. The van der Waals surface area contributed by atoms with Crippen LogP contribution in [0.15, 0.2) is 83.9 Å².